The fraction of sp³-hybridized carbons (Fsp3) is 0.417. The van der Waals surface area contributed by atoms with E-state index < -0.39 is 0 Å². The molecule has 0 heterocycles. The Bertz CT molecular complexity index is 383. The molecule has 0 bridgehead atoms. The summed E-state index contributed by atoms with van der Waals surface area (Å²) in [4.78, 5) is 11.9. The normalized spacial score (nSPS) is 15.8. The summed E-state index contributed by atoms with van der Waals surface area (Å²) in [6, 6.07) is 5.81. The molecule has 2 rings (SSSR count). The molecule has 0 aliphatic heterocycles. The minimum atomic E-state index is 0.00417. The third-order valence-corrected chi connectivity index (χ3v) is 2.95. The van der Waals surface area contributed by atoms with Crippen molar-refractivity contribution in [3.63, 3.8) is 0 Å². The van der Waals surface area contributed by atoms with Crippen molar-refractivity contribution in [3.8, 4) is 0 Å². The predicted molar refractivity (Wildman–Crippen MR) is 60.7 cm³/mol. The van der Waals surface area contributed by atoms with Crippen LogP contribution in [-0.4, -0.2) is 11.9 Å². The summed E-state index contributed by atoms with van der Waals surface area (Å²) in [5.41, 5.74) is 7.97. The van der Waals surface area contributed by atoms with Crippen LogP contribution in [0.2, 0.25) is 0 Å². The number of hydrogen-bond donors (Lipinski definition) is 2. The highest BCUT2D eigenvalue weighted by Gasteiger charge is 2.20. The second-order valence-corrected chi connectivity index (χ2v) is 4.18. The van der Waals surface area contributed by atoms with Crippen LogP contribution in [0.1, 0.15) is 35.2 Å². The lowest BCUT2D eigenvalue weighted by Gasteiger charge is -2.26. The molecule has 1 aromatic rings. The average molecular weight is 204 g/mol. The van der Waals surface area contributed by atoms with Crippen LogP contribution in [0.25, 0.3) is 0 Å². The molecule has 0 radical (unpaired) electrons. The van der Waals surface area contributed by atoms with Gasteiger partial charge in [-0.15, -0.1) is 0 Å². The lowest BCUT2D eigenvalue weighted by atomic mass is 9.92. The number of nitrogen functional groups attached to an aromatic ring is 1. The third kappa shape index (κ3) is 2.12. The molecule has 1 fully saturated rings. The third-order valence-electron chi connectivity index (χ3n) is 2.95. The van der Waals surface area contributed by atoms with Gasteiger partial charge in [-0.3, -0.25) is 4.79 Å². The lowest BCUT2D eigenvalue weighted by molar-refractivity contribution is 0.0916. The van der Waals surface area contributed by atoms with Gasteiger partial charge >= 0.3 is 0 Å². The summed E-state index contributed by atoms with van der Waals surface area (Å²) in [5, 5.41) is 3.01. The fourth-order valence-electron chi connectivity index (χ4n) is 1.70. The summed E-state index contributed by atoms with van der Waals surface area (Å²) >= 11 is 0. The molecule has 1 saturated carbocycles. The monoisotopic (exact) mass is 204 g/mol. The van der Waals surface area contributed by atoms with Crippen molar-refractivity contribution < 1.29 is 4.79 Å². The van der Waals surface area contributed by atoms with Gasteiger partial charge in [-0.25, -0.2) is 0 Å². The van der Waals surface area contributed by atoms with Gasteiger partial charge in [0.25, 0.3) is 5.91 Å². The summed E-state index contributed by atoms with van der Waals surface area (Å²) in [5.74, 6) is 0.00417. The maximum atomic E-state index is 11.9. The molecule has 0 aromatic heterocycles. The van der Waals surface area contributed by atoms with Crippen LogP contribution in [0.4, 0.5) is 5.69 Å². The van der Waals surface area contributed by atoms with Crippen molar-refractivity contribution in [1.29, 1.82) is 0 Å². The number of carbonyl (C=O) groups excluding carboxylic acids is 1. The second kappa shape index (κ2) is 3.93. The van der Waals surface area contributed by atoms with Crippen molar-refractivity contribution in [2.75, 3.05) is 5.73 Å². The van der Waals surface area contributed by atoms with E-state index in [4.69, 9.17) is 5.73 Å². The van der Waals surface area contributed by atoms with Crippen LogP contribution < -0.4 is 11.1 Å². The lowest BCUT2D eigenvalue weighted by Crippen LogP contribution is -2.39. The Morgan fingerprint density at radius 3 is 2.80 bits per heavy atom. The molecular formula is C12H16N2O. The molecule has 0 spiro atoms. The average Bonchev–Trinajstić information content (AvgIpc) is 2.15. The number of nitrogens with two attached hydrogens (primary N) is 1. The number of nitrogens with one attached hydrogen (secondary N) is 1. The zero-order valence-corrected chi connectivity index (χ0v) is 8.92. The van der Waals surface area contributed by atoms with Crippen molar-refractivity contribution in [2.45, 2.75) is 32.2 Å². The van der Waals surface area contributed by atoms with E-state index in [0.717, 1.165) is 18.4 Å². The molecule has 0 atom stereocenters. The Balaban J connectivity index is 2.12. The molecule has 1 aliphatic carbocycles. The summed E-state index contributed by atoms with van der Waals surface area (Å²) < 4.78 is 0. The van der Waals surface area contributed by atoms with E-state index in [1.54, 1.807) is 6.07 Å². The molecule has 3 heteroatoms. The van der Waals surface area contributed by atoms with E-state index in [-0.39, 0.29) is 5.91 Å². The van der Waals surface area contributed by atoms with Crippen LogP contribution in [0.15, 0.2) is 18.2 Å². The standard InChI is InChI=1S/C12H16N2O/c1-8-5-6-9(13)7-11(8)12(15)14-10-3-2-4-10/h5-7,10H,2-4,13H2,1H3,(H,14,15). The maximum Gasteiger partial charge on any atom is 0.251 e. The second-order valence-electron chi connectivity index (χ2n) is 4.18. The van der Waals surface area contributed by atoms with Crippen molar-refractivity contribution in [2.24, 2.45) is 0 Å². The Labute approximate surface area is 89.7 Å². The van der Waals surface area contributed by atoms with E-state index in [1.165, 1.54) is 6.42 Å². The molecule has 1 amide bonds. The van der Waals surface area contributed by atoms with Crippen molar-refractivity contribution in [1.82, 2.24) is 5.32 Å². The zero-order chi connectivity index (χ0) is 10.8. The van der Waals surface area contributed by atoms with Crippen molar-refractivity contribution >= 4 is 11.6 Å². The summed E-state index contributed by atoms with van der Waals surface area (Å²) in [7, 11) is 0. The van der Waals surface area contributed by atoms with Gasteiger partial charge in [0.15, 0.2) is 0 Å². The highest BCUT2D eigenvalue weighted by molar-refractivity contribution is 5.96. The highest BCUT2D eigenvalue weighted by Crippen LogP contribution is 2.19. The molecule has 1 aliphatic rings. The molecule has 3 N–H and O–H groups in total. The maximum absolute atomic E-state index is 11.9. The van der Waals surface area contributed by atoms with Gasteiger partial charge in [-0.2, -0.15) is 0 Å². The highest BCUT2D eigenvalue weighted by atomic mass is 16.1. The molecule has 3 nitrogen and oxygen atoms in total. The largest absolute Gasteiger partial charge is 0.399 e. The van der Waals surface area contributed by atoms with Gasteiger partial charge in [0, 0.05) is 17.3 Å². The molecule has 0 saturated heterocycles. The van der Waals surface area contributed by atoms with Crippen LogP contribution in [0.3, 0.4) is 0 Å². The minimum Gasteiger partial charge on any atom is -0.399 e. The molecule has 0 unspecified atom stereocenters. The first kappa shape index (κ1) is 10.0. The van der Waals surface area contributed by atoms with Crippen LogP contribution in [0, 0.1) is 6.92 Å². The van der Waals surface area contributed by atoms with E-state index in [9.17, 15) is 4.79 Å². The number of anilines is 1. The van der Waals surface area contributed by atoms with Gasteiger partial charge in [-0.1, -0.05) is 6.07 Å². The van der Waals surface area contributed by atoms with Crippen LogP contribution in [0.5, 0.6) is 0 Å². The minimum absolute atomic E-state index is 0.00417. The van der Waals surface area contributed by atoms with Crippen molar-refractivity contribution in [3.05, 3.63) is 29.3 Å². The number of aryl methyl sites for hydroxylation is 1. The summed E-state index contributed by atoms with van der Waals surface area (Å²) in [6.45, 7) is 1.93. The first-order valence-electron chi connectivity index (χ1n) is 5.34. The Morgan fingerprint density at radius 2 is 2.20 bits per heavy atom. The van der Waals surface area contributed by atoms with E-state index in [0.29, 0.717) is 17.3 Å². The Morgan fingerprint density at radius 1 is 1.47 bits per heavy atom. The van der Waals surface area contributed by atoms with Gasteiger partial charge in [0.2, 0.25) is 0 Å². The first-order chi connectivity index (χ1) is 7.16. The van der Waals surface area contributed by atoms with E-state index in [2.05, 4.69) is 5.32 Å². The van der Waals surface area contributed by atoms with Crippen LogP contribution in [-0.2, 0) is 0 Å². The molecular weight excluding hydrogens is 188 g/mol. The molecule has 15 heavy (non-hydrogen) atoms. The predicted octanol–water partition coefficient (Wildman–Crippen LogP) is 1.86. The quantitative estimate of drug-likeness (QED) is 0.722. The Hall–Kier alpha value is -1.51. The fourth-order valence-corrected chi connectivity index (χ4v) is 1.70. The number of hydrogen-bond acceptors (Lipinski definition) is 2. The molecule has 1 aromatic carbocycles. The van der Waals surface area contributed by atoms with E-state index in [1.807, 2.05) is 19.1 Å². The topological polar surface area (TPSA) is 55.1 Å². The van der Waals surface area contributed by atoms with E-state index >= 15 is 0 Å². The number of benzene rings is 1. The van der Waals surface area contributed by atoms with Crippen LogP contribution >= 0.6 is 0 Å². The molecule has 80 valence electrons. The number of amides is 1. The Kier molecular flexibility index (Phi) is 2.62. The van der Waals surface area contributed by atoms with Gasteiger partial charge in [0.1, 0.15) is 0 Å². The summed E-state index contributed by atoms with van der Waals surface area (Å²) in [6.07, 6.45) is 3.43. The van der Waals surface area contributed by atoms with Gasteiger partial charge in [0.05, 0.1) is 0 Å². The number of carbonyl (C=O) groups is 1. The SMILES string of the molecule is Cc1ccc(N)cc1C(=O)NC1CCC1. The number of rotatable bonds is 2. The zero-order valence-electron chi connectivity index (χ0n) is 8.92. The van der Waals surface area contributed by atoms with Gasteiger partial charge in [-0.05, 0) is 43.9 Å². The first-order valence-corrected chi connectivity index (χ1v) is 5.34. The van der Waals surface area contributed by atoms with Gasteiger partial charge < -0.3 is 11.1 Å². The smallest absolute Gasteiger partial charge is 0.251 e.